The molecule has 0 unspecified atom stereocenters. The predicted molar refractivity (Wildman–Crippen MR) is 93.0 cm³/mol. The molecule has 1 aliphatic carbocycles. The van der Waals surface area contributed by atoms with Gasteiger partial charge >= 0.3 is 12.1 Å². The summed E-state index contributed by atoms with van der Waals surface area (Å²) >= 11 is 0. The highest BCUT2D eigenvalue weighted by molar-refractivity contribution is 5.73. The molecule has 0 amide bonds. The van der Waals surface area contributed by atoms with Crippen molar-refractivity contribution in [3.05, 3.63) is 24.5 Å². The van der Waals surface area contributed by atoms with Crippen molar-refractivity contribution in [2.45, 2.75) is 25.4 Å². The Hall–Kier alpha value is -1.83. The molecule has 1 aromatic heterocycles. The molecule has 146 valence electrons. The Morgan fingerprint density at radius 3 is 2.58 bits per heavy atom. The van der Waals surface area contributed by atoms with Gasteiger partial charge in [-0.15, -0.1) is 0 Å². The van der Waals surface area contributed by atoms with Crippen molar-refractivity contribution in [3.8, 4) is 0 Å². The summed E-state index contributed by atoms with van der Waals surface area (Å²) in [5, 5.41) is 7.12. The number of carboxylic acids is 1. The van der Waals surface area contributed by atoms with E-state index >= 15 is 0 Å². The van der Waals surface area contributed by atoms with Gasteiger partial charge in [0.25, 0.3) is 0 Å². The van der Waals surface area contributed by atoms with Crippen molar-refractivity contribution in [1.82, 2.24) is 9.88 Å². The van der Waals surface area contributed by atoms with Gasteiger partial charge < -0.3 is 14.9 Å². The molecule has 1 aliphatic heterocycles. The molecule has 0 radical (unpaired) electrons. The maximum absolute atomic E-state index is 10.6. The quantitative estimate of drug-likeness (QED) is 0.882. The van der Waals surface area contributed by atoms with Crippen LogP contribution in [0.1, 0.15) is 19.3 Å². The van der Waals surface area contributed by atoms with E-state index in [1.165, 1.54) is 44.6 Å². The molecule has 1 saturated carbocycles. The van der Waals surface area contributed by atoms with Gasteiger partial charge in [0.05, 0.1) is 11.9 Å². The van der Waals surface area contributed by atoms with Crippen molar-refractivity contribution in [3.63, 3.8) is 0 Å². The smallest absolute Gasteiger partial charge is 0.475 e. The Bertz CT molecular complexity index is 581. The van der Waals surface area contributed by atoms with E-state index in [1.807, 2.05) is 12.4 Å². The van der Waals surface area contributed by atoms with Crippen LogP contribution in [0.5, 0.6) is 0 Å². The molecule has 26 heavy (non-hydrogen) atoms. The number of fused-ring (bicyclic) bond motifs is 1. The molecule has 2 fully saturated rings. The van der Waals surface area contributed by atoms with Gasteiger partial charge in [-0.05, 0) is 56.8 Å². The number of pyridine rings is 1. The van der Waals surface area contributed by atoms with E-state index < -0.39 is 12.1 Å². The Labute approximate surface area is 151 Å². The maximum atomic E-state index is 10.6. The molecule has 0 spiro atoms. The van der Waals surface area contributed by atoms with Crippen LogP contribution in [0.25, 0.3) is 0 Å². The zero-order chi connectivity index (χ0) is 19.3. The van der Waals surface area contributed by atoms with E-state index in [-0.39, 0.29) is 0 Å². The maximum Gasteiger partial charge on any atom is 0.490 e. The molecular formula is C18H26F3N3O2. The van der Waals surface area contributed by atoms with Crippen molar-refractivity contribution >= 4 is 11.7 Å². The van der Waals surface area contributed by atoms with E-state index in [4.69, 9.17) is 9.90 Å². The van der Waals surface area contributed by atoms with Crippen LogP contribution < -0.4 is 4.90 Å². The number of aliphatic carboxylic acids is 1. The van der Waals surface area contributed by atoms with Crippen LogP contribution in [-0.4, -0.2) is 60.9 Å². The van der Waals surface area contributed by atoms with E-state index in [9.17, 15) is 13.2 Å². The third kappa shape index (κ3) is 5.59. The number of hydrogen-bond donors (Lipinski definition) is 1. The standard InChI is InChI=1S/C16H25N3.C2HF3O2/c1-18(2)10-13-5-3-6-14-11-19(12-16(13)14)15-7-4-8-17-9-15;3-2(4,5)1(6)7/h4,7-9,13-14,16H,3,5-6,10-12H2,1-2H3;(H,6,7)/t13-,14+,16+;/m0./s1. The van der Waals surface area contributed by atoms with Crippen LogP contribution in [0.2, 0.25) is 0 Å². The first-order chi connectivity index (χ1) is 12.2. The number of carboxylic acid groups (broad SMARTS) is 1. The average molecular weight is 373 g/mol. The first-order valence-electron chi connectivity index (χ1n) is 8.78. The number of hydrogen-bond acceptors (Lipinski definition) is 4. The van der Waals surface area contributed by atoms with Gasteiger partial charge in [-0.3, -0.25) is 4.98 Å². The highest BCUT2D eigenvalue weighted by Crippen LogP contribution is 2.41. The fourth-order valence-corrected chi connectivity index (χ4v) is 4.04. The average Bonchev–Trinajstić information content (AvgIpc) is 3.00. The Morgan fingerprint density at radius 2 is 2.04 bits per heavy atom. The molecule has 2 aliphatic rings. The lowest BCUT2D eigenvalue weighted by Crippen LogP contribution is -2.34. The number of carbonyl (C=O) groups is 1. The molecule has 2 heterocycles. The van der Waals surface area contributed by atoms with Gasteiger partial charge in [0.2, 0.25) is 0 Å². The van der Waals surface area contributed by atoms with Crippen LogP contribution in [0.4, 0.5) is 18.9 Å². The van der Waals surface area contributed by atoms with Gasteiger partial charge in [0.1, 0.15) is 0 Å². The second kappa shape index (κ2) is 8.70. The number of alkyl halides is 3. The molecular weight excluding hydrogens is 347 g/mol. The van der Waals surface area contributed by atoms with E-state index in [0.29, 0.717) is 0 Å². The summed E-state index contributed by atoms with van der Waals surface area (Å²) in [6.45, 7) is 3.72. The zero-order valence-electron chi connectivity index (χ0n) is 15.1. The fraction of sp³-hybridized carbons (Fsp3) is 0.667. The first kappa shape index (κ1) is 20.5. The topological polar surface area (TPSA) is 56.7 Å². The van der Waals surface area contributed by atoms with Crippen LogP contribution in [0, 0.1) is 17.8 Å². The fourth-order valence-electron chi connectivity index (χ4n) is 4.04. The highest BCUT2D eigenvalue weighted by Gasteiger charge is 2.40. The van der Waals surface area contributed by atoms with Crippen molar-refractivity contribution < 1.29 is 23.1 Å². The molecule has 1 saturated heterocycles. The predicted octanol–water partition coefficient (Wildman–Crippen LogP) is 3.13. The lowest BCUT2D eigenvalue weighted by Gasteiger charge is -2.34. The molecule has 1 N–H and O–H groups in total. The summed E-state index contributed by atoms with van der Waals surface area (Å²) in [5.41, 5.74) is 1.31. The molecule has 1 aromatic rings. The number of aromatic nitrogens is 1. The monoisotopic (exact) mass is 373 g/mol. The van der Waals surface area contributed by atoms with E-state index in [2.05, 4.69) is 41.0 Å². The zero-order valence-corrected chi connectivity index (χ0v) is 15.1. The molecule has 8 heteroatoms. The van der Waals surface area contributed by atoms with E-state index in [1.54, 1.807) is 0 Å². The summed E-state index contributed by atoms with van der Waals surface area (Å²) in [4.78, 5) is 18.1. The Balaban J connectivity index is 0.000000298. The van der Waals surface area contributed by atoms with Crippen molar-refractivity contribution in [2.75, 3.05) is 38.6 Å². The Morgan fingerprint density at radius 1 is 1.35 bits per heavy atom. The summed E-state index contributed by atoms with van der Waals surface area (Å²) < 4.78 is 31.7. The van der Waals surface area contributed by atoms with Crippen LogP contribution in [0.3, 0.4) is 0 Å². The minimum atomic E-state index is -5.08. The second-order valence-electron chi connectivity index (χ2n) is 7.30. The number of rotatable bonds is 3. The lowest BCUT2D eigenvalue weighted by atomic mass is 9.74. The third-order valence-electron chi connectivity index (χ3n) is 5.10. The molecule has 0 aromatic carbocycles. The van der Waals surface area contributed by atoms with Gasteiger partial charge in [0.15, 0.2) is 0 Å². The van der Waals surface area contributed by atoms with Crippen LogP contribution in [-0.2, 0) is 4.79 Å². The summed E-state index contributed by atoms with van der Waals surface area (Å²) in [6, 6.07) is 4.25. The van der Waals surface area contributed by atoms with Crippen LogP contribution in [0.15, 0.2) is 24.5 Å². The first-order valence-corrected chi connectivity index (χ1v) is 8.78. The minimum absolute atomic E-state index is 0.885. The molecule has 3 atom stereocenters. The SMILES string of the molecule is CN(C)C[C@@H]1CCC[C@@H]2CN(c3cccnc3)C[C@@H]21.O=C(O)C(F)(F)F. The number of nitrogens with zero attached hydrogens (tertiary/aromatic N) is 3. The largest absolute Gasteiger partial charge is 0.490 e. The van der Waals surface area contributed by atoms with Crippen molar-refractivity contribution in [2.24, 2.45) is 17.8 Å². The minimum Gasteiger partial charge on any atom is -0.475 e. The summed E-state index contributed by atoms with van der Waals surface area (Å²) in [7, 11) is 4.41. The van der Waals surface area contributed by atoms with Gasteiger partial charge in [-0.1, -0.05) is 6.42 Å². The number of anilines is 1. The molecule has 3 rings (SSSR count). The Kier molecular flexibility index (Phi) is 6.86. The van der Waals surface area contributed by atoms with Gasteiger partial charge in [-0.25, -0.2) is 4.79 Å². The lowest BCUT2D eigenvalue weighted by molar-refractivity contribution is -0.192. The third-order valence-corrected chi connectivity index (χ3v) is 5.10. The van der Waals surface area contributed by atoms with Crippen molar-refractivity contribution in [1.29, 1.82) is 0 Å². The van der Waals surface area contributed by atoms with E-state index in [0.717, 1.165) is 17.8 Å². The molecule has 0 bridgehead atoms. The van der Waals surface area contributed by atoms with Gasteiger partial charge in [0, 0.05) is 25.8 Å². The summed E-state index contributed by atoms with van der Waals surface area (Å²) in [5.74, 6) is -0.0850. The summed E-state index contributed by atoms with van der Waals surface area (Å²) in [6.07, 6.45) is 3.05. The highest BCUT2D eigenvalue weighted by atomic mass is 19.4. The second-order valence-corrected chi connectivity index (χ2v) is 7.30. The van der Waals surface area contributed by atoms with Crippen LogP contribution >= 0.6 is 0 Å². The van der Waals surface area contributed by atoms with Gasteiger partial charge in [-0.2, -0.15) is 13.2 Å². The molecule has 5 nitrogen and oxygen atoms in total. The number of halogens is 3. The normalized spacial score (nSPS) is 25.5.